The van der Waals surface area contributed by atoms with E-state index in [1.807, 2.05) is 59.7 Å². The van der Waals surface area contributed by atoms with Gasteiger partial charge in [0.25, 0.3) is 0 Å². The summed E-state index contributed by atoms with van der Waals surface area (Å²) in [7, 11) is 3.17. The van der Waals surface area contributed by atoms with Gasteiger partial charge in [-0.15, -0.1) is 0 Å². The van der Waals surface area contributed by atoms with Gasteiger partial charge in [0.15, 0.2) is 5.11 Å². The van der Waals surface area contributed by atoms with Crippen LogP contribution in [0.4, 0.5) is 18.9 Å². The molecular formula is C29H27F3N4O2S. The zero-order valence-corrected chi connectivity index (χ0v) is 22.6. The number of methoxy groups -OCH3 is 2. The maximum atomic E-state index is 13.5. The second-order valence-corrected chi connectivity index (χ2v) is 9.63. The predicted octanol–water partition coefficient (Wildman–Crippen LogP) is 6.70. The van der Waals surface area contributed by atoms with E-state index < -0.39 is 11.7 Å². The van der Waals surface area contributed by atoms with Crippen LogP contribution in [0.3, 0.4) is 0 Å². The molecule has 1 saturated heterocycles. The molecule has 2 aromatic carbocycles. The van der Waals surface area contributed by atoms with Crippen molar-refractivity contribution in [3.05, 3.63) is 101 Å². The highest BCUT2D eigenvalue weighted by atomic mass is 32.1. The lowest BCUT2D eigenvalue weighted by Gasteiger charge is -2.29. The van der Waals surface area contributed by atoms with Crippen LogP contribution in [0.1, 0.15) is 40.3 Å². The molecule has 1 aliphatic heterocycles. The third kappa shape index (κ3) is 4.80. The summed E-state index contributed by atoms with van der Waals surface area (Å²) in [5, 5.41) is 3.89. The van der Waals surface area contributed by atoms with E-state index in [-0.39, 0.29) is 12.1 Å². The highest BCUT2D eigenvalue weighted by Crippen LogP contribution is 2.47. The number of aromatic nitrogens is 2. The molecule has 202 valence electrons. The molecule has 6 nitrogen and oxygen atoms in total. The molecule has 0 spiro atoms. The molecule has 1 fully saturated rings. The maximum Gasteiger partial charge on any atom is 0.416 e. The predicted molar refractivity (Wildman–Crippen MR) is 148 cm³/mol. The Morgan fingerprint density at radius 2 is 1.74 bits per heavy atom. The number of pyridine rings is 1. The molecular weight excluding hydrogens is 525 g/mol. The summed E-state index contributed by atoms with van der Waals surface area (Å²) in [5.41, 5.74) is 3.66. The lowest BCUT2D eigenvalue weighted by atomic mass is 9.96. The van der Waals surface area contributed by atoms with Gasteiger partial charge in [0.2, 0.25) is 0 Å². The van der Waals surface area contributed by atoms with Crippen LogP contribution in [-0.4, -0.2) is 28.9 Å². The normalized spacial score (nSPS) is 17.3. The number of thiocarbonyl (C=S) groups is 1. The Morgan fingerprint density at radius 1 is 0.949 bits per heavy atom. The summed E-state index contributed by atoms with van der Waals surface area (Å²) in [6.07, 6.45) is -2.73. The number of nitrogens with one attached hydrogen (secondary N) is 1. The summed E-state index contributed by atoms with van der Waals surface area (Å²) in [5.74, 6) is 1.22. The fourth-order valence-corrected chi connectivity index (χ4v) is 5.56. The van der Waals surface area contributed by atoms with E-state index >= 15 is 0 Å². The van der Waals surface area contributed by atoms with Gasteiger partial charge in [-0.2, -0.15) is 13.2 Å². The zero-order valence-electron chi connectivity index (χ0n) is 21.8. The molecule has 5 rings (SSSR count). The van der Waals surface area contributed by atoms with Crippen molar-refractivity contribution in [1.82, 2.24) is 14.9 Å². The minimum absolute atomic E-state index is 0.343. The third-order valence-corrected chi connectivity index (χ3v) is 7.28. The number of hydrogen-bond acceptors (Lipinski definition) is 4. The van der Waals surface area contributed by atoms with Crippen molar-refractivity contribution < 1.29 is 22.6 Å². The van der Waals surface area contributed by atoms with Crippen molar-refractivity contribution in [2.75, 3.05) is 19.1 Å². The third-order valence-electron chi connectivity index (χ3n) is 6.96. The largest absolute Gasteiger partial charge is 0.497 e. The van der Waals surface area contributed by atoms with E-state index in [1.165, 1.54) is 12.1 Å². The smallest absolute Gasteiger partial charge is 0.416 e. The monoisotopic (exact) mass is 552 g/mol. The van der Waals surface area contributed by atoms with Gasteiger partial charge < -0.3 is 24.3 Å². The Bertz CT molecular complexity index is 1520. The Labute approximate surface area is 230 Å². The number of benzene rings is 2. The first kappa shape index (κ1) is 26.6. The first-order valence-electron chi connectivity index (χ1n) is 12.2. The van der Waals surface area contributed by atoms with Crippen LogP contribution in [0.5, 0.6) is 11.5 Å². The van der Waals surface area contributed by atoms with Gasteiger partial charge in [0.05, 0.1) is 43.2 Å². The van der Waals surface area contributed by atoms with Crippen LogP contribution < -0.4 is 19.7 Å². The fourth-order valence-electron chi connectivity index (χ4n) is 5.22. The summed E-state index contributed by atoms with van der Waals surface area (Å²) in [4.78, 5) is 6.56. The van der Waals surface area contributed by atoms with E-state index in [0.717, 1.165) is 28.7 Å². The lowest BCUT2D eigenvalue weighted by molar-refractivity contribution is -0.137. The molecule has 10 heteroatoms. The van der Waals surface area contributed by atoms with Crippen LogP contribution in [0.2, 0.25) is 0 Å². The molecule has 0 unspecified atom stereocenters. The van der Waals surface area contributed by atoms with Gasteiger partial charge in [0.1, 0.15) is 11.5 Å². The van der Waals surface area contributed by atoms with Crippen molar-refractivity contribution in [3.63, 3.8) is 0 Å². The number of anilines is 1. The fraction of sp³-hybridized carbons (Fsp3) is 0.241. The minimum atomic E-state index is -4.45. The number of nitrogens with zero attached hydrogens (tertiary/aromatic N) is 3. The number of ether oxygens (including phenoxy) is 2. The molecule has 0 aliphatic carbocycles. The molecule has 0 amide bonds. The Morgan fingerprint density at radius 3 is 2.41 bits per heavy atom. The van der Waals surface area contributed by atoms with Gasteiger partial charge in [-0.25, -0.2) is 0 Å². The standard InChI is InChI=1S/C29H27F3N4O2S/c1-17-14-22(18(2)35(17)20-9-7-8-19(15-20)29(30,31)32)27-26(23-10-5-6-13-33-23)34-28(39)36(27)24-16-21(37-3)11-12-25(24)38-4/h5-16,26-27H,1-4H3,(H,34,39)/t26-,27-/m1/s1. The molecule has 0 saturated carbocycles. The van der Waals surface area contributed by atoms with Crippen molar-refractivity contribution in [3.8, 4) is 17.2 Å². The molecule has 39 heavy (non-hydrogen) atoms. The molecule has 1 aliphatic rings. The van der Waals surface area contributed by atoms with Gasteiger partial charge in [-0.1, -0.05) is 12.1 Å². The maximum absolute atomic E-state index is 13.5. The van der Waals surface area contributed by atoms with Crippen LogP contribution in [0, 0.1) is 13.8 Å². The number of alkyl halides is 3. The van der Waals surface area contributed by atoms with E-state index in [1.54, 1.807) is 32.5 Å². The zero-order chi connectivity index (χ0) is 27.9. The average molecular weight is 553 g/mol. The number of hydrogen-bond donors (Lipinski definition) is 1. The number of halogens is 3. The van der Waals surface area contributed by atoms with Crippen LogP contribution in [0.25, 0.3) is 5.69 Å². The number of rotatable bonds is 6. The van der Waals surface area contributed by atoms with Gasteiger partial charge in [-0.3, -0.25) is 4.98 Å². The van der Waals surface area contributed by atoms with E-state index in [4.69, 9.17) is 21.7 Å². The van der Waals surface area contributed by atoms with Crippen molar-refractivity contribution in [2.24, 2.45) is 0 Å². The van der Waals surface area contributed by atoms with Crippen molar-refractivity contribution in [2.45, 2.75) is 32.1 Å². The first-order chi connectivity index (χ1) is 18.6. The van der Waals surface area contributed by atoms with Crippen LogP contribution in [0.15, 0.2) is 72.9 Å². The van der Waals surface area contributed by atoms with E-state index in [0.29, 0.717) is 28.0 Å². The molecule has 0 radical (unpaired) electrons. The second kappa shape index (κ2) is 10.3. The molecule has 1 N–H and O–H groups in total. The first-order valence-corrected chi connectivity index (χ1v) is 12.6. The quantitative estimate of drug-likeness (QED) is 0.269. The van der Waals surface area contributed by atoms with Gasteiger partial charge in [0, 0.05) is 29.3 Å². The summed E-state index contributed by atoms with van der Waals surface area (Å²) in [6.45, 7) is 3.78. The average Bonchev–Trinajstić information content (AvgIpc) is 3.42. The number of aryl methyl sites for hydroxylation is 1. The SMILES string of the molecule is COc1ccc(OC)c(N2C(=S)N[C@H](c3ccccn3)[C@H]2c2cc(C)n(-c3cccc(C(F)(F)F)c3)c2C)c1. The summed E-state index contributed by atoms with van der Waals surface area (Å²) in [6, 6.07) is 17.7. The topological polar surface area (TPSA) is 51.6 Å². The van der Waals surface area contributed by atoms with Crippen LogP contribution in [-0.2, 0) is 6.18 Å². The molecule has 4 aromatic rings. The van der Waals surface area contributed by atoms with Crippen molar-refractivity contribution in [1.29, 1.82) is 0 Å². The van der Waals surface area contributed by atoms with Crippen LogP contribution >= 0.6 is 12.2 Å². The molecule has 2 aromatic heterocycles. The second-order valence-electron chi connectivity index (χ2n) is 9.24. The van der Waals surface area contributed by atoms with Gasteiger partial charge in [-0.05, 0) is 80.2 Å². The Hall–Kier alpha value is -4.05. The Kier molecular flexibility index (Phi) is 6.98. The minimum Gasteiger partial charge on any atom is -0.497 e. The van der Waals surface area contributed by atoms with E-state index in [9.17, 15) is 13.2 Å². The van der Waals surface area contributed by atoms with Gasteiger partial charge >= 0.3 is 6.18 Å². The molecule has 2 atom stereocenters. The van der Waals surface area contributed by atoms with E-state index in [2.05, 4.69) is 10.3 Å². The highest BCUT2D eigenvalue weighted by Gasteiger charge is 2.43. The molecule has 0 bridgehead atoms. The summed E-state index contributed by atoms with van der Waals surface area (Å²) < 4.78 is 53.6. The highest BCUT2D eigenvalue weighted by molar-refractivity contribution is 7.80. The summed E-state index contributed by atoms with van der Waals surface area (Å²) >= 11 is 5.86. The molecule has 3 heterocycles. The Balaban J connectivity index is 1.71. The van der Waals surface area contributed by atoms with Crippen molar-refractivity contribution >= 4 is 23.0 Å². The lowest BCUT2D eigenvalue weighted by Crippen LogP contribution is -2.30.